The number of methoxy groups -OCH3 is 2. The highest BCUT2D eigenvalue weighted by Crippen LogP contribution is 2.44. The summed E-state index contributed by atoms with van der Waals surface area (Å²) in [4.78, 5) is 11.0. The van der Waals surface area contributed by atoms with E-state index in [1.165, 1.54) is 26.4 Å². The van der Waals surface area contributed by atoms with Crippen LogP contribution in [0.15, 0.2) is 12.1 Å². The first-order chi connectivity index (χ1) is 9.52. The Morgan fingerprint density at radius 2 is 1.76 bits per heavy atom. The van der Waals surface area contributed by atoms with Crippen LogP contribution in [-0.2, 0) is 16.1 Å². The lowest BCUT2D eigenvalue weighted by molar-refractivity contribution is -0.138. The van der Waals surface area contributed by atoms with Gasteiger partial charge < -0.3 is 14.6 Å². The summed E-state index contributed by atoms with van der Waals surface area (Å²) < 4.78 is 37.6. The van der Waals surface area contributed by atoms with Crippen LogP contribution in [0.2, 0.25) is 0 Å². The molecule has 4 nitrogen and oxygen atoms in total. The van der Waals surface area contributed by atoms with E-state index in [1.807, 2.05) is 0 Å². The molecule has 0 unspecified atom stereocenters. The first kappa shape index (κ1) is 17.2. The number of hydrogen-bond acceptors (Lipinski definition) is 3. The third kappa shape index (κ3) is 3.83. The van der Waals surface area contributed by atoms with Crippen molar-refractivity contribution in [2.24, 2.45) is 0 Å². The molecule has 6 heteroatoms. The van der Waals surface area contributed by atoms with Gasteiger partial charge in [0.1, 0.15) is 0 Å². The number of carboxylic acids is 1. The van der Waals surface area contributed by atoms with Crippen molar-refractivity contribution in [1.29, 1.82) is 0 Å². The zero-order valence-electron chi connectivity index (χ0n) is 12.8. The van der Waals surface area contributed by atoms with Gasteiger partial charge in [-0.2, -0.15) is 0 Å². The predicted octanol–water partition coefficient (Wildman–Crippen LogP) is 3.57. The standard InChI is InChI=1S/C15H20F2O4/c1-14(2,8-12(18)19)10-6-9(15(3,16)17)7-11(20-4)13(10)21-5/h6-7H,8H2,1-5H3,(H,18,19). The fourth-order valence-electron chi connectivity index (χ4n) is 2.19. The van der Waals surface area contributed by atoms with E-state index < -0.39 is 17.3 Å². The summed E-state index contributed by atoms with van der Waals surface area (Å²) in [6.45, 7) is 4.11. The lowest BCUT2D eigenvalue weighted by Crippen LogP contribution is -2.24. The zero-order chi connectivity index (χ0) is 16.4. The van der Waals surface area contributed by atoms with E-state index in [2.05, 4.69) is 0 Å². The molecule has 0 atom stereocenters. The van der Waals surface area contributed by atoms with E-state index in [9.17, 15) is 13.6 Å². The third-order valence-corrected chi connectivity index (χ3v) is 3.31. The average Bonchev–Trinajstić information content (AvgIpc) is 2.34. The molecule has 1 aromatic rings. The summed E-state index contributed by atoms with van der Waals surface area (Å²) >= 11 is 0. The van der Waals surface area contributed by atoms with E-state index >= 15 is 0 Å². The van der Waals surface area contributed by atoms with Crippen LogP contribution in [0, 0.1) is 0 Å². The van der Waals surface area contributed by atoms with Crippen LogP contribution in [0.1, 0.15) is 38.3 Å². The number of alkyl halides is 2. The lowest BCUT2D eigenvalue weighted by Gasteiger charge is -2.28. The molecule has 0 aliphatic carbocycles. The van der Waals surface area contributed by atoms with Gasteiger partial charge in [-0.1, -0.05) is 13.8 Å². The molecule has 0 heterocycles. The maximum Gasteiger partial charge on any atom is 0.304 e. The Labute approximate surface area is 122 Å². The van der Waals surface area contributed by atoms with Gasteiger partial charge in [-0.05, 0) is 12.1 Å². The van der Waals surface area contributed by atoms with E-state index in [1.54, 1.807) is 13.8 Å². The van der Waals surface area contributed by atoms with Crippen molar-refractivity contribution in [2.45, 2.75) is 38.5 Å². The quantitative estimate of drug-likeness (QED) is 0.873. The average molecular weight is 302 g/mol. The van der Waals surface area contributed by atoms with Crippen molar-refractivity contribution in [3.63, 3.8) is 0 Å². The molecular formula is C15H20F2O4. The molecule has 0 amide bonds. The highest BCUT2D eigenvalue weighted by atomic mass is 19.3. The summed E-state index contributed by atoms with van der Waals surface area (Å²) in [6, 6.07) is 2.49. The Hall–Kier alpha value is -1.85. The molecule has 1 N–H and O–H groups in total. The predicted molar refractivity (Wildman–Crippen MR) is 74.4 cm³/mol. The summed E-state index contributed by atoms with van der Waals surface area (Å²) in [6.07, 6.45) is -0.217. The minimum absolute atomic E-state index is 0.157. The van der Waals surface area contributed by atoms with Gasteiger partial charge in [-0.25, -0.2) is 8.78 Å². The number of carboxylic acid groups (broad SMARTS) is 1. The van der Waals surface area contributed by atoms with Crippen LogP contribution in [0.25, 0.3) is 0 Å². The van der Waals surface area contributed by atoms with Gasteiger partial charge in [-0.15, -0.1) is 0 Å². The molecule has 0 fully saturated rings. The van der Waals surface area contributed by atoms with Crippen LogP contribution in [0.4, 0.5) is 8.78 Å². The fourth-order valence-corrected chi connectivity index (χ4v) is 2.19. The minimum Gasteiger partial charge on any atom is -0.493 e. The molecule has 21 heavy (non-hydrogen) atoms. The van der Waals surface area contributed by atoms with Gasteiger partial charge in [-0.3, -0.25) is 4.79 Å². The van der Waals surface area contributed by atoms with E-state index in [4.69, 9.17) is 14.6 Å². The van der Waals surface area contributed by atoms with Gasteiger partial charge in [0.05, 0.1) is 20.6 Å². The first-order valence-corrected chi connectivity index (χ1v) is 6.39. The molecule has 0 radical (unpaired) electrons. The Kier molecular flexibility index (Phi) is 4.81. The molecule has 1 aromatic carbocycles. The Bertz CT molecular complexity index is 533. The van der Waals surface area contributed by atoms with Gasteiger partial charge in [0.2, 0.25) is 0 Å². The summed E-state index contributed by atoms with van der Waals surface area (Å²) in [5, 5.41) is 9.01. The largest absolute Gasteiger partial charge is 0.493 e. The van der Waals surface area contributed by atoms with Crippen molar-refractivity contribution in [2.75, 3.05) is 14.2 Å². The van der Waals surface area contributed by atoms with Crippen molar-refractivity contribution in [3.05, 3.63) is 23.3 Å². The van der Waals surface area contributed by atoms with Gasteiger partial charge >= 0.3 is 5.97 Å². The van der Waals surface area contributed by atoms with Crippen molar-refractivity contribution in [1.82, 2.24) is 0 Å². The lowest BCUT2D eigenvalue weighted by atomic mass is 9.79. The topological polar surface area (TPSA) is 55.8 Å². The van der Waals surface area contributed by atoms with Crippen LogP contribution < -0.4 is 9.47 Å². The molecule has 0 aliphatic rings. The van der Waals surface area contributed by atoms with Gasteiger partial charge in [0.25, 0.3) is 5.92 Å². The summed E-state index contributed by atoms with van der Waals surface area (Å²) in [5.41, 5.74) is -0.747. The molecule has 0 spiro atoms. The molecule has 1 rings (SSSR count). The van der Waals surface area contributed by atoms with E-state index in [0.29, 0.717) is 5.56 Å². The van der Waals surface area contributed by atoms with Crippen LogP contribution >= 0.6 is 0 Å². The van der Waals surface area contributed by atoms with Gasteiger partial charge in [0, 0.05) is 23.5 Å². The number of rotatable bonds is 6. The highest BCUT2D eigenvalue weighted by molar-refractivity contribution is 5.69. The highest BCUT2D eigenvalue weighted by Gasteiger charge is 2.33. The molecule has 0 saturated carbocycles. The zero-order valence-corrected chi connectivity index (χ0v) is 12.8. The second kappa shape index (κ2) is 5.87. The molecule has 0 saturated heterocycles. The van der Waals surface area contributed by atoms with Gasteiger partial charge in [0.15, 0.2) is 11.5 Å². The van der Waals surface area contributed by atoms with Crippen molar-refractivity contribution in [3.8, 4) is 11.5 Å². The maximum atomic E-state index is 13.6. The number of halogens is 2. The fraction of sp³-hybridized carbons (Fsp3) is 0.533. The number of ether oxygens (including phenoxy) is 2. The minimum atomic E-state index is -3.06. The first-order valence-electron chi connectivity index (χ1n) is 6.39. The third-order valence-electron chi connectivity index (χ3n) is 3.31. The van der Waals surface area contributed by atoms with Crippen LogP contribution in [0.5, 0.6) is 11.5 Å². The molecular weight excluding hydrogens is 282 g/mol. The monoisotopic (exact) mass is 302 g/mol. The smallest absolute Gasteiger partial charge is 0.304 e. The summed E-state index contributed by atoms with van der Waals surface area (Å²) in [7, 11) is 2.74. The van der Waals surface area contributed by atoms with E-state index in [-0.39, 0.29) is 23.5 Å². The van der Waals surface area contributed by atoms with Crippen molar-refractivity contribution < 1.29 is 28.2 Å². The number of carbonyl (C=O) groups is 1. The maximum absolute atomic E-state index is 13.6. The summed E-state index contributed by atoms with van der Waals surface area (Å²) in [5.74, 6) is -3.65. The molecule has 118 valence electrons. The second-order valence-electron chi connectivity index (χ2n) is 5.60. The molecule has 0 aliphatic heterocycles. The second-order valence-corrected chi connectivity index (χ2v) is 5.60. The van der Waals surface area contributed by atoms with E-state index in [0.717, 1.165) is 6.92 Å². The Balaban J connectivity index is 3.57. The van der Waals surface area contributed by atoms with Crippen molar-refractivity contribution >= 4 is 5.97 Å². The Morgan fingerprint density at radius 1 is 1.19 bits per heavy atom. The normalized spacial score (nSPS) is 12.1. The molecule has 0 bridgehead atoms. The SMILES string of the molecule is COc1cc(C(C)(F)F)cc(C(C)(C)CC(=O)O)c1OC. The number of aliphatic carboxylic acids is 1. The Morgan fingerprint density at radius 3 is 2.14 bits per heavy atom. The number of hydrogen-bond donors (Lipinski definition) is 1. The van der Waals surface area contributed by atoms with Crippen LogP contribution in [-0.4, -0.2) is 25.3 Å². The molecule has 0 aromatic heterocycles. The van der Waals surface area contributed by atoms with Crippen LogP contribution in [0.3, 0.4) is 0 Å². The number of benzene rings is 1.